The highest BCUT2D eigenvalue weighted by Crippen LogP contribution is 2.22. The standard InChI is InChI=1S/C23H28N4O5S/c1-6-20(32-19-14-12-17(13-15-19)26(4)33(5,30)31)22(28)24-21-16(2)25(3)27(23(21)29)18-10-8-7-9-11-18/h7-15,20H,6H2,1-5H3,(H,24,28)/t20-/m0/s1. The topological polar surface area (TPSA) is 103 Å². The molecule has 1 atom stereocenters. The molecule has 3 rings (SSSR count). The van der Waals surface area contributed by atoms with E-state index in [2.05, 4.69) is 5.32 Å². The molecule has 0 saturated carbocycles. The number of sulfonamides is 1. The fraction of sp³-hybridized carbons (Fsp3) is 0.304. The molecular formula is C23H28N4O5S. The molecule has 0 unspecified atom stereocenters. The van der Waals surface area contributed by atoms with E-state index in [4.69, 9.17) is 4.74 Å². The lowest BCUT2D eigenvalue weighted by atomic mass is 10.2. The molecule has 176 valence electrons. The normalized spacial score (nSPS) is 12.3. The summed E-state index contributed by atoms with van der Waals surface area (Å²) in [7, 11) is -0.171. The molecule has 33 heavy (non-hydrogen) atoms. The van der Waals surface area contributed by atoms with E-state index in [9.17, 15) is 18.0 Å². The minimum atomic E-state index is -3.38. The van der Waals surface area contributed by atoms with Crippen LogP contribution in [0.15, 0.2) is 59.4 Å². The number of carbonyl (C=O) groups is 1. The van der Waals surface area contributed by atoms with Gasteiger partial charge in [0.1, 0.15) is 11.4 Å². The maximum Gasteiger partial charge on any atom is 0.295 e. The molecule has 0 radical (unpaired) electrons. The first-order valence-electron chi connectivity index (χ1n) is 10.4. The molecule has 0 bridgehead atoms. The molecule has 1 amide bonds. The SMILES string of the molecule is CC[C@H](Oc1ccc(N(C)S(C)(=O)=O)cc1)C(=O)Nc1c(C)n(C)n(-c2ccccc2)c1=O. The van der Waals surface area contributed by atoms with Crippen molar-refractivity contribution in [1.29, 1.82) is 0 Å². The smallest absolute Gasteiger partial charge is 0.295 e. The average molecular weight is 473 g/mol. The van der Waals surface area contributed by atoms with Crippen LogP contribution in [0.3, 0.4) is 0 Å². The van der Waals surface area contributed by atoms with E-state index in [1.54, 1.807) is 49.8 Å². The minimum Gasteiger partial charge on any atom is -0.481 e. The van der Waals surface area contributed by atoms with Crippen LogP contribution >= 0.6 is 0 Å². The van der Waals surface area contributed by atoms with E-state index in [0.717, 1.165) is 10.6 Å². The Morgan fingerprint density at radius 3 is 2.27 bits per heavy atom. The van der Waals surface area contributed by atoms with Crippen LogP contribution in [0.2, 0.25) is 0 Å². The van der Waals surface area contributed by atoms with Crippen molar-refractivity contribution in [2.75, 3.05) is 22.9 Å². The summed E-state index contributed by atoms with van der Waals surface area (Å²) in [6.07, 6.45) is 0.648. The summed E-state index contributed by atoms with van der Waals surface area (Å²) in [6, 6.07) is 15.6. The van der Waals surface area contributed by atoms with Gasteiger partial charge in [-0.3, -0.25) is 18.6 Å². The lowest BCUT2D eigenvalue weighted by Crippen LogP contribution is -2.34. The zero-order valence-corrected chi connectivity index (χ0v) is 20.1. The van der Waals surface area contributed by atoms with E-state index in [-0.39, 0.29) is 11.2 Å². The van der Waals surface area contributed by atoms with Crippen molar-refractivity contribution in [3.05, 3.63) is 70.6 Å². The number of nitrogens with zero attached hydrogens (tertiary/aromatic N) is 3. The fourth-order valence-electron chi connectivity index (χ4n) is 3.33. The summed E-state index contributed by atoms with van der Waals surface area (Å²) >= 11 is 0. The third-order valence-electron chi connectivity index (χ3n) is 5.44. The van der Waals surface area contributed by atoms with Crippen LogP contribution < -0.4 is 19.9 Å². The first-order valence-corrected chi connectivity index (χ1v) is 12.2. The lowest BCUT2D eigenvalue weighted by Gasteiger charge is -2.19. The predicted molar refractivity (Wildman–Crippen MR) is 129 cm³/mol. The Kier molecular flexibility index (Phi) is 6.97. The zero-order chi connectivity index (χ0) is 24.3. The van der Waals surface area contributed by atoms with Crippen LogP contribution in [-0.4, -0.2) is 43.1 Å². The summed E-state index contributed by atoms with van der Waals surface area (Å²) in [5.74, 6) is -0.0324. The van der Waals surface area contributed by atoms with Crippen molar-refractivity contribution < 1.29 is 17.9 Å². The van der Waals surface area contributed by atoms with Gasteiger partial charge in [0.15, 0.2) is 6.10 Å². The van der Waals surface area contributed by atoms with Crippen molar-refractivity contribution in [2.24, 2.45) is 7.05 Å². The van der Waals surface area contributed by atoms with Gasteiger partial charge in [0, 0.05) is 14.1 Å². The number of carbonyl (C=O) groups excluding carboxylic acids is 1. The van der Waals surface area contributed by atoms with E-state index in [1.165, 1.54) is 11.7 Å². The van der Waals surface area contributed by atoms with Crippen LogP contribution in [-0.2, 0) is 21.9 Å². The van der Waals surface area contributed by atoms with Gasteiger partial charge in [0.2, 0.25) is 10.0 Å². The number of rotatable bonds is 8. The Hall–Kier alpha value is -3.53. The second kappa shape index (κ2) is 9.53. The molecule has 9 nitrogen and oxygen atoms in total. The summed E-state index contributed by atoms with van der Waals surface area (Å²) in [5, 5.41) is 2.72. The molecule has 0 aliphatic carbocycles. The van der Waals surface area contributed by atoms with Gasteiger partial charge in [-0.15, -0.1) is 0 Å². The van der Waals surface area contributed by atoms with Crippen LogP contribution in [0.25, 0.3) is 5.69 Å². The second-order valence-corrected chi connectivity index (χ2v) is 9.68. The summed E-state index contributed by atoms with van der Waals surface area (Å²) in [6.45, 7) is 3.56. The number of amides is 1. The molecule has 1 N–H and O–H groups in total. The van der Waals surface area contributed by atoms with Crippen LogP contribution in [0.1, 0.15) is 19.0 Å². The van der Waals surface area contributed by atoms with Crippen molar-refractivity contribution in [3.8, 4) is 11.4 Å². The van der Waals surface area contributed by atoms with E-state index in [1.807, 2.05) is 30.3 Å². The Morgan fingerprint density at radius 2 is 1.73 bits per heavy atom. The third kappa shape index (κ3) is 5.11. The molecule has 0 saturated heterocycles. The van der Waals surface area contributed by atoms with Gasteiger partial charge in [-0.1, -0.05) is 25.1 Å². The number of hydrogen-bond donors (Lipinski definition) is 1. The largest absolute Gasteiger partial charge is 0.481 e. The number of nitrogens with one attached hydrogen (secondary N) is 1. The van der Waals surface area contributed by atoms with Crippen LogP contribution in [0.4, 0.5) is 11.4 Å². The molecule has 3 aromatic rings. The monoisotopic (exact) mass is 472 g/mol. The minimum absolute atomic E-state index is 0.193. The van der Waals surface area contributed by atoms with Gasteiger partial charge in [-0.2, -0.15) is 0 Å². The van der Waals surface area contributed by atoms with Crippen molar-refractivity contribution in [1.82, 2.24) is 9.36 Å². The highest BCUT2D eigenvalue weighted by atomic mass is 32.2. The first kappa shape index (κ1) is 24.1. The summed E-state index contributed by atoms with van der Waals surface area (Å²) < 4.78 is 33.5. The van der Waals surface area contributed by atoms with E-state index < -0.39 is 22.0 Å². The molecule has 10 heteroatoms. The maximum atomic E-state index is 13.0. The molecular weight excluding hydrogens is 444 g/mol. The highest BCUT2D eigenvalue weighted by molar-refractivity contribution is 7.92. The number of aromatic nitrogens is 2. The van der Waals surface area contributed by atoms with Gasteiger partial charge in [-0.25, -0.2) is 13.1 Å². The number of hydrogen-bond acceptors (Lipinski definition) is 5. The second-order valence-electron chi connectivity index (χ2n) is 7.66. The average Bonchev–Trinajstić information content (AvgIpc) is 3.00. The van der Waals surface area contributed by atoms with Gasteiger partial charge in [0.05, 0.1) is 23.3 Å². The number of para-hydroxylation sites is 1. The lowest BCUT2D eigenvalue weighted by molar-refractivity contribution is -0.122. The number of ether oxygens (including phenoxy) is 1. The number of benzene rings is 2. The Morgan fingerprint density at radius 1 is 1.12 bits per heavy atom. The Bertz CT molecular complexity index is 1300. The van der Waals surface area contributed by atoms with Gasteiger partial charge >= 0.3 is 0 Å². The molecule has 0 fully saturated rings. The first-order chi connectivity index (χ1) is 15.5. The molecule has 0 aliphatic heterocycles. The zero-order valence-electron chi connectivity index (χ0n) is 19.3. The molecule has 0 spiro atoms. The van der Waals surface area contributed by atoms with Gasteiger partial charge in [-0.05, 0) is 49.7 Å². The molecule has 1 aromatic heterocycles. The Labute approximate surface area is 193 Å². The maximum absolute atomic E-state index is 13.0. The van der Waals surface area contributed by atoms with Crippen molar-refractivity contribution in [2.45, 2.75) is 26.4 Å². The Balaban J connectivity index is 1.79. The van der Waals surface area contributed by atoms with Gasteiger partial charge in [0.25, 0.3) is 11.5 Å². The van der Waals surface area contributed by atoms with Crippen molar-refractivity contribution >= 4 is 27.3 Å². The summed E-state index contributed by atoms with van der Waals surface area (Å²) in [5.41, 5.74) is 1.64. The van der Waals surface area contributed by atoms with E-state index in [0.29, 0.717) is 29.2 Å². The van der Waals surface area contributed by atoms with Crippen LogP contribution in [0, 0.1) is 6.92 Å². The quantitative estimate of drug-likeness (QED) is 0.543. The highest BCUT2D eigenvalue weighted by Gasteiger charge is 2.24. The van der Waals surface area contributed by atoms with Crippen molar-refractivity contribution in [3.63, 3.8) is 0 Å². The summed E-state index contributed by atoms with van der Waals surface area (Å²) in [4.78, 5) is 26.0. The van der Waals surface area contributed by atoms with Gasteiger partial charge < -0.3 is 10.1 Å². The molecule has 0 aliphatic rings. The number of anilines is 2. The van der Waals surface area contributed by atoms with E-state index >= 15 is 0 Å². The third-order valence-corrected chi connectivity index (χ3v) is 6.65. The molecule has 1 heterocycles. The molecule has 2 aromatic carbocycles. The van der Waals surface area contributed by atoms with Crippen LogP contribution in [0.5, 0.6) is 5.75 Å². The fourth-order valence-corrected chi connectivity index (χ4v) is 3.83. The predicted octanol–water partition coefficient (Wildman–Crippen LogP) is 2.68.